The average molecular weight is 285 g/mol. The van der Waals surface area contributed by atoms with Gasteiger partial charge in [-0.2, -0.15) is 5.10 Å². The fourth-order valence-corrected chi connectivity index (χ4v) is 2.11. The van der Waals surface area contributed by atoms with Crippen LogP contribution in [0.25, 0.3) is 0 Å². The van der Waals surface area contributed by atoms with Crippen LogP contribution >= 0.6 is 0 Å². The highest BCUT2D eigenvalue weighted by Gasteiger charge is 2.20. The molecule has 0 aliphatic heterocycles. The highest BCUT2D eigenvalue weighted by Crippen LogP contribution is 2.27. The number of amides is 1. The van der Waals surface area contributed by atoms with Crippen molar-refractivity contribution in [1.29, 1.82) is 0 Å². The normalized spacial score (nSPS) is 14.1. The summed E-state index contributed by atoms with van der Waals surface area (Å²) >= 11 is 0. The Morgan fingerprint density at radius 1 is 1.29 bits per heavy atom. The molecule has 6 nitrogen and oxygen atoms in total. The molecule has 6 heteroatoms. The first-order chi connectivity index (χ1) is 10.3. The molecular formula is C15H19N5O. The number of nitrogens with zero attached hydrogens (tertiary/aromatic N) is 3. The fraction of sp³-hybridized carbons (Fsp3) is 0.400. The van der Waals surface area contributed by atoms with Crippen LogP contribution in [-0.4, -0.2) is 33.8 Å². The molecule has 0 saturated heterocycles. The van der Waals surface area contributed by atoms with Crippen molar-refractivity contribution in [2.75, 3.05) is 18.4 Å². The van der Waals surface area contributed by atoms with Crippen molar-refractivity contribution >= 4 is 11.6 Å². The minimum Gasteiger partial charge on any atom is -0.325 e. The van der Waals surface area contributed by atoms with Gasteiger partial charge in [-0.1, -0.05) is 12.1 Å². The number of carbonyl (C=O) groups excluding carboxylic acids is 1. The lowest BCUT2D eigenvalue weighted by molar-refractivity contribution is -0.115. The summed E-state index contributed by atoms with van der Waals surface area (Å²) in [4.78, 5) is 15.7. The minimum atomic E-state index is -0.000300. The van der Waals surface area contributed by atoms with Crippen molar-refractivity contribution < 1.29 is 4.79 Å². The Labute approximate surface area is 123 Å². The maximum atomic E-state index is 11.8. The number of carbonyl (C=O) groups is 1. The van der Waals surface area contributed by atoms with E-state index < -0.39 is 0 Å². The number of anilines is 1. The summed E-state index contributed by atoms with van der Waals surface area (Å²) in [5.41, 5.74) is 1.93. The van der Waals surface area contributed by atoms with E-state index in [1.165, 1.54) is 19.2 Å². The highest BCUT2D eigenvalue weighted by atomic mass is 16.1. The van der Waals surface area contributed by atoms with Crippen molar-refractivity contribution in [3.63, 3.8) is 0 Å². The maximum Gasteiger partial charge on any atom is 0.238 e. The van der Waals surface area contributed by atoms with Crippen molar-refractivity contribution in [1.82, 2.24) is 20.1 Å². The summed E-state index contributed by atoms with van der Waals surface area (Å²) in [6, 6.07) is 7.78. The smallest absolute Gasteiger partial charge is 0.238 e. The number of benzene rings is 1. The molecule has 0 unspecified atom stereocenters. The topological polar surface area (TPSA) is 71.8 Å². The van der Waals surface area contributed by atoms with E-state index >= 15 is 0 Å². The van der Waals surface area contributed by atoms with E-state index in [9.17, 15) is 4.79 Å². The van der Waals surface area contributed by atoms with Gasteiger partial charge < -0.3 is 10.6 Å². The van der Waals surface area contributed by atoms with Gasteiger partial charge in [0.05, 0.1) is 13.1 Å². The predicted octanol–water partition coefficient (Wildman–Crippen LogP) is 1.26. The Balaban J connectivity index is 1.45. The zero-order chi connectivity index (χ0) is 14.5. The molecule has 2 aromatic rings. The monoisotopic (exact) mass is 285 g/mol. The molecule has 110 valence electrons. The lowest BCUT2D eigenvalue weighted by Crippen LogP contribution is -2.29. The molecule has 1 aliphatic carbocycles. The van der Waals surface area contributed by atoms with Gasteiger partial charge >= 0.3 is 0 Å². The lowest BCUT2D eigenvalue weighted by Gasteiger charge is -2.07. The second-order valence-corrected chi connectivity index (χ2v) is 5.41. The van der Waals surface area contributed by atoms with Gasteiger partial charge in [-0.15, -0.1) is 0 Å². The first-order valence-electron chi connectivity index (χ1n) is 7.21. The van der Waals surface area contributed by atoms with Crippen LogP contribution < -0.4 is 10.6 Å². The third kappa shape index (κ3) is 4.39. The standard InChI is InChI=1S/C15H19N5O/c21-15(8-16-7-12-1-2-12)19-14-5-3-13(4-6-14)9-20-11-17-10-18-20/h3-6,10-12,16H,1-2,7-9H2,(H,19,21). The van der Waals surface area contributed by atoms with Crippen LogP contribution in [0.4, 0.5) is 5.69 Å². The molecule has 1 fully saturated rings. The molecule has 1 heterocycles. The SMILES string of the molecule is O=C(CNCC1CC1)Nc1ccc(Cn2cncn2)cc1. The number of hydrogen-bond acceptors (Lipinski definition) is 4. The molecule has 2 N–H and O–H groups in total. The number of aromatic nitrogens is 3. The summed E-state index contributed by atoms with van der Waals surface area (Å²) in [6.07, 6.45) is 5.79. The van der Waals surface area contributed by atoms with E-state index in [1.54, 1.807) is 11.0 Å². The van der Waals surface area contributed by atoms with E-state index in [4.69, 9.17) is 0 Å². The second-order valence-electron chi connectivity index (χ2n) is 5.41. The van der Waals surface area contributed by atoms with Gasteiger partial charge in [0.25, 0.3) is 0 Å². The Morgan fingerprint density at radius 2 is 2.10 bits per heavy atom. The van der Waals surface area contributed by atoms with Crippen LogP contribution in [0.2, 0.25) is 0 Å². The van der Waals surface area contributed by atoms with E-state index in [0.29, 0.717) is 13.1 Å². The van der Waals surface area contributed by atoms with Crippen LogP contribution in [0.5, 0.6) is 0 Å². The molecule has 1 aliphatic rings. The molecular weight excluding hydrogens is 266 g/mol. The molecule has 1 aromatic heterocycles. The minimum absolute atomic E-state index is 0.000300. The largest absolute Gasteiger partial charge is 0.325 e. The summed E-state index contributed by atoms with van der Waals surface area (Å²) in [5.74, 6) is 0.786. The molecule has 1 aromatic carbocycles. The van der Waals surface area contributed by atoms with Gasteiger partial charge in [0, 0.05) is 5.69 Å². The fourth-order valence-electron chi connectivity index (χ4n) is 2.11. The quantitative estimate of drug-likeness (QED) is 0.803. The molecule has 21 heavy (non-hydrogen) atoms. The summed E-state index contributed by atoms with van der Waals surface area (Å²) in [7, 11) is 0. The van der Waals surface area contributed by atoms with Crippen LogP contribution in [0.15, 0.2) is 36.9 Å². The van der Waals surface area contributed by atoms with Crippen LogP contribution in [0, 0.1) is 5.92 Å². The molecule has 0 radical (unpaired) electrons. The highest BCUT2D eigenvalue weighted by molar-refractivity contribution is 5.92. The van der Waals surface area contributed by atoms with Gasteiger partial charge in [-0.3, -0.25) is 4.79 Å². The van der Waals surface area contributed by atoms with E-state index in [-0.39, 0.29) is 5.91 Å². The van der Waals surface area contributed by atoms with Crippen LogP contribution in [0.1, 0.15) is 18.4 Å². The van der Waals surface area contributed by atoms with Crippen LogP contribution in [0.3, 0.4) is 0 Å². The van der Waals surface area contributed by atoms with Gasteiger partial charge in [-0.05, 0) is 43.0 Å². The van der Waals surface area contributed by atoms with Gasteiger partial charge in [-0.25, -0.2) is 9.67 Å². The summed E-state index contributed by atoms with van der Waals surface area (Å²) in [5, 5.41) is 10.1. The molecule has 1 amide bonds. The average Bonchev–Trinajstić information content (AvgIpc) is 3.16. The van der Waals surface area contributed by atoms with Crippen molar-refractivity contribution in [3.05, 3.63) is 42.5 Å². The van der Waals surface area contributed by atoms with E-state index in [1.807, 2.05) is 24.3 Å². The molecule has 0 spiro atoms. The number of nitrogens with one attached hydrogen (secondary N) is 2. The zero-order valence-electron chi connectivity index (χ0n) is 11.8. The summed E-state index contributed by atoms with van der Waals surface area (Å²) < 4.78 is 1.76. The Kier molecular flexibility index (Phi) is 4.25. The maximum absolute atomic E-state index is 11.8. The predicted molar refractivity (Wildman–Crippen MR) is 79.8 cm³/mol. The lowest BCUT2D eigenvalue weighted by atomic mass is 10.2. The Hall–Kier alpha value is -2.21. The Bertz CT molecular complexity index is 575. The number of hydrogen-bond donors (Lipinski definition) is 2. The van der Waals surface area contributed by atoms with Crippen molar-refractivity contribution in [2.45, 2.75) is 19.4 Å². The first kappa shape index (κ1) is 13.8. The van der Waals surface area contributed by atoms with E-state index in [2.05, 4.69) is 20.7 Å². The van der Waals surface area contributed by atoms with Crippen LogP contribution in [-0.2, 0) is 11.3 Å². The number of rotatable bonds is 7. The van der Waals surface area contributed by atoms with Gasteiger partial charge in [0.15, 0.2) is 0 Å². The zero-order valence-corrected chi connectivity index (χ0v) is 11.8. The summed E-state index contributed by atoms with van der Waals surface area (Å²) in [6.45, 7) is 2.00. The van der Waals surface area contributed by atoms with E-state index in [0.717, 1.165) is 23.7 Å². The third-order valence-electron chi connectivity index (χ3n) is 3.46. The Morgan fingerprint density at radius 3 is 2.76 bits per heavy atom. The second kappa shape index (κ2) is 6.49. The third-order valence-corrected chi connectivity index (χ3v) is 3.46. The molecule has 0 bridgehead atoms. The van der Waals surface area contributed by atoms with Gasteiger partial charge in [0.1, 0.15) is 12.7 Å². The van der Waals surface area contributed by atoms with Crippen molar-refractivity contribution in [3.8, 4) is 0 Å². The molecule has 1 saturated carbocycles. The first-order valence-corrected chi connectivity index (χ1v) is 7.21. The van der Waals surface area contributed by atoms with Gasteiger partial charge in [0.2, 0.25) is 5.91 Å². The molecule has 3 rings (SSSR count). The molecule has 0 atom stereocenters. The van der Waals surface area contributed by atoms with Crippen molar-refractivity contribution in [2.24, 2.45) is 5.92 Å².